The van der Waals surface area contributed by atoms with Gasteiger partial charge in [-0.2, -0.15) is 0 Å². The van der Waals surface area contributed by atoms with E-state index in [1.807, 2.05) is 13.8 Å². The summed E-state index contributed by atoms with van der Waals surface area (Å²) in [7, 11) is 0. The van der Waals surface area contributed by atoms with E-state index in [2.05, 4.69) is 10.3 Å². The minimum atomic E-state index is -0.428. The van der Waals surface area contributed by atoms with Crippen molar-refractivity contribution < 1.29 is 9.18 Å². The molecule has 94 valence electrons. The number of benzene rings is 1. The lowest BCUT2D eigenvalue weighted by Crippen LogP contribution is -2.15. The normalized spacial score (nSPS) is 10.4. The molecule has 0 aliphatic carbocycles. The van der Waals surface area contributed by atoms with Gasteiger partial charge < -0.3 is 5.32 Å². The molecule has 0 aliphatic rings. The van der Waals surface area contributed by atoms with Crippen LogP contribution < -0.4 is 5.32 Å². The number of amides is 1. The summed E-state index contributed by atoms with van der Waals surface area (Å²) in [5.74, 6) is -0.657. The number of carbonyl (C=O) groups excluding carboxylic acids is 1. The number of hydrogen-bond acceptors (Lipinski definition) is 3. The number of anilines is 1. The highest BCUT2D eigenvalue weighted by Crippen LogP contribution is 2.19. The molecule has 2 aromatic rings. The number of thiazole rings is 1. The highest BCUT2D eigenvalue weighted by Gasteiger charge is 2.11. The van der Waals surface area contributed by atoms with Gasteiger partial charge in [-0.3, -0.25) is 4.79 Å². The van der Waals surface area contributed by atoms with Crippen molar-refractivity contribution in [3.63, 3.8) is 0 Å². The standard InChI is InChI=1S/C13H13FN2OS/c1-8-12(18-9(2)15-8)7-13(17)16-11-6-4-3-5-10(11)14/h3-6H,7H2,1-2H3,(H,16,17). The van der Waals surface area contributed by atoms with E-state index in [1.54, 1.807) is 12.1 Å². The molecule has 0 atom stereocenters. The molecular formula is C13H13FN2OS. The Labute approximate surface area is 109 Å². The zero-order valence-corrected chi connectivity index (χ0v) is 11.0. The van der Waals surface area contributed by atoms with Crippen LogP contribution >= 0.6 is 11.3 Å². The molecule has 2 rings (SSSR count). The SMILES string of the molecule is Cc1nc(C)c(CC(=O)Nc2ccccc2F)s1. The van der Waals surface area contributed by atoms with Crippen LogP contribution in [0.2, 0.25) is 0 Å². The summed E-state index contributed by atoms with van der Waals surface area (Å²) in [5.41, 5.74) is 1.07. The molecule has 1 N–H and O–H groups in total. The van der Waals surface area contributed by atoms with Crippen LogP contribution in [0.3, 0.4) is 0 Å². The fraction of sp³-hybridized carbons (Fsp3) is 0.231. The molecule has 3 nitrogen and oxygen atoms in total. The number of nitrogens with zero attached hydrogens (tertiary/aromatic N) is 1. The largest absolute Gasteiger partial charge is 0.323 e. The minimum Gasteiger partial charge on any atom is -0.323 e. The van der Waals surface area contributed by atoms with Gasteiger partial charge in [-0.15, -0.1) is 11.3 Å². The van der Waals surface area contributed by atoms with E-state index < -0.39 is 5.82 Å². The number of carbonyl (C=O) groups is 1. The first-order chi connectivity index (χ1) is 8.56. The molecule has 0 saturated carbocycles. The molecule has 1 aromatic heterocycles. The molecule has 0 spiro atoms. The Kier molecular flexibility index (Phi) is 3.72. The predicted molar refractivity (Wildman–Crippen MR) is 70.3 cm³/mol. The van der Waals surface area contributed by atoms with Gasteiger partial charge in [0.05, 0.1) is 22.8 Å². The lowest BCUT2D eigenvalue weighted by Gasteiger charge is -2.05. The monoisotopic (exact) mass is 264 g/mol. The number of para-hydroxylation sites is 1. The maximum Gasteiger partial charge on any atom is 0.229 e. The summed E-state index contributed by atoms with van der Waals surface area (Å²) >= 11 is 1.49. The van der Waals surface area contributed by atoms with E-state index in [-0.39, 0.29) is 18.0 Å². The molecule has 0 fully saturated rings. The molecule has 1 amide bonds. The molecule has 0 aliphatic heterocycles. The Balaban J connectivity index is 2.06. The number of halogens is 1. The quantitative estimate of drug-likeness (QED) is 0.925. The minimum absolute atomic E-state index is 0.210. The predicted octanol–water partition coefficient (Wildman–Crippen LogP) is 3.08. The number of aryl methyl sites for hydroxylation is 2. The molecule has 1 heterocycles. The highest BCUT2D eigenvalue weighted by atomic mass is 32.1. The zero-order valence-electron chi connectivity index (χ0n) is 10.2. The molecule has 0 unspecified atom stereocenters. The van der Waals surface area contributed by atoms with E-state index in [0.717, 1.165) is 15.6 Å². The van der Waals surface area contributed by atoms with Crippen molar-refractivity contribution in [2.75, 3.05) is 5.32 Å². The van der Waals surface area contributed by atoms with Crippen molar-refractivity contribution in [1.29, 1.82) is 0 Å². The maximum absolute atomic E-state index is 13.3. The van der Waals surface area contributed by atoms with Crippen molar-refractivity contribution >= 4 is 22.9 Å². The van der Waals surface area contributed by atoms with Gasteiger partial charge in [-0.1, -0.05) is 12.1 Å². The lowest BCUT2D eigenvalue weighted by atomic mass is 10.2. The van der Waals surface area contributed by atoms with Crippen molar-refractivity contribution in [3.05, 3.63) is 45.7 Å². The summed E-state index contributed by atoms with van der Waals surface area (Å²) in [6.45, 7) is 3.77. The van der Waals surface area contributed by atoms with Crippen molar-refractivity contribution in [1.82, 2.24) is 4.98 Å². The lowest BCUT2D eigenvalue weighted by molar-refractivity contribution is -0.115. The Morgan fingerprint density at radius 2 is 2.11 bits per heavy atom. The molecule has 18 heavy (non-hydrogen) atoms. The van der Waals surface area contributed by atoms with Gasteiger partial charge in [-0.25, -0.2) is 9.37 Å². The first-order valence-electron chi connectivity index (χ1n) is 5.53. The van der Waals surface area contributed by atoms with Crippen LogP contribution in [0.15, 0.2) is 24.3 Å². The molecule has 5 heteroatoms. The summed E-state index contributed by atoms with van der Waals surface area (Å²) in [4.78, 5) is 17.0. The van der Waals surface area contributed by atoms with Gasteiger partial charge in [0, 0.05) is 4.88 Å². The first kappa shape index (κ1) is 12.7. The number of rotatable bonds is 3. The second kappa shape index (κ2) is 5.27. The first-order valence-corrected chi connectivity index (χ1v) is 6.35. The summed E-state index contributed by atoms with van der Waals surface area (Å²) < 4.78 is 13.3. The summed E-state index contributed by atoms with van der Waals surface area (Å²) in [5, 5.41) is 3.49. The van der Waals surface area contributed by atoms with Gasteiger partial charge >= 0.3 is 0 Å². The van der Waals surface area contributed by atoms with Crippen LogP contribution in [0, 0.1) is 19.7 Å². The third-order valence-electron chi connectivity index (χ3n) is 2.47. The fourth-order valence-electron chi connectivity index (χ4n) is 1.64. The van der Waals surface area contributed by atoms with Crippen LogP contribution in [-0.4, -0.2) is 10.9 Å². The molecular weight excluding hydrogens is 251 g/mol. The summed E-state index contributed by atoms with van der Waals surface area (Å²) in [6.07, 6.45) is 0.228. The van der Waals surface area contributed by atoms with Crippen molar-refractivity contribution in [3.8, 4) is 0 Å². The van der Waals surface area contributed by atoms with E-state index in [4.69, 9.17) is 0 Å². The number of hydrogen-bond donors (Lipinski definition) is 1. The maximum atomic E-state index is 13.3. The van der Waals surface area contributed by atoms with Gasteiger partial charge in [0.1, 0.15) is 5.82 Å². The third-order valence-corrected chi connectivity index (χ3v) is 3.54. The van der Waals surface area contributed by atoms with Crippen molar-refractivity contribution in [2.24, 2.45) is 0 Å². The van der Waals surface area contributed by atoms with Gasteiger partial charge in [-0.05, 0) is 26.0 Å². The van der Waals surface area contributed by atoms with E-state index in [9.17, 15) is 9.18 Å². The van der Waals surface area contributed by atoms with Crippen LogP contribution in [0.4, 0.5) is 10.1 Å². The number of aromatic nitrogens is 1. The second-order valence-corrected chi connectivity index (χ2v) is 5.23. The Bertz CT molecular complexity index is 580. The molecule has 0 saturated heterocycles. The zero-order chi connectivity index (χ0) is 13.1. The van der Waals surface area contributed by atoms with E-state index >= 15 is 0 Å². The Morgan fingerprint density at radius 1 is 1.39 bits per heavy atom. The summed E-state index contributed by atoms with van der Waals surface area (Å²) in [6, 6.07) is 6.12. The average Bonchev–Trinajstić information content (AvgIpc) is 2.61. The van der Waals surface area contributed by atoms with E-state index in [1.165, 1.54) is 23.5 Å². The second-order valence-electron chi connectivity index (χ2n) is 3.95. The topological polar surface area (TPSA) is 42.0 Å². The van der Waals surface area contributed by atoms with Crippen LogP contribution in [-0.2, 0) is 11.2 Å². The Morgan fingerprint density at radius 3 is 2.72 bits per heavy atom. The van der Waals surface area contributed by atoms with Crippen LogP contribution in [0.25, 0.3) is 0 Å². The van der Waals surface area contributed by atoms with Gasteiger partial charge in [0.25, 0.3) is 0 Å². The highest BCUT2D eigenvalue weighted by molar-refractivity contribution is 7.11. The molecule has 0 bridgehead atoms. The van der Waals surface area contributed by atoms with Gasteiger partial charge in [0.2, 0.25) is 5.91 Å². The smallest absolute Gasteiger partial charge is 0.229 e. The number of nitrogens with one attached hydrogen (secondary N) is 1. The molecule has 1 aromatic carbocycles. The third kappa shape index (κ3) is 2.92. The van der Waals surface area contributed by atoms with Crippen LogP contribution in [0.5, 0.6) is 0 Å². The van der Waals surface area contributed by atoms with Crippen molar-refractivity contribution in [2.45, 2.75) is 20.3 Å². The van der Waals surface area contributed by atoms with E-state index in [0.29, 0.717) is 0 Å². The fourth-order valence-corrected chi connectivity index (χ4v) is 2.58. The van der Waals surface area contributed by atoms with Crippen LogP contribution in [0.1, 0.15) is 15.6 Å². The molecule has 0 radical (unpaired) electrons. The Hall–Kier alpha value is -1.75. The van der Waals surface area contributed by atoms with Gasteiger partial charge in [0.15, 0.2) is 0 Å². The average molecular weight is 264 g/mol.